The van der Waals surface area contributed by atoms with E-state index in [1.807, 2.05) is 0 Å². The van der Waals surface area contributed by atoms with Crippen molar-refractivity contribution in [3.63, 3.8) is 0 Å². The average Bonchev–Trinajstić information content (AvgIpc) is 2.55. The second-order valence-electron chi connectivity index (χ2n) is 7.49. The molecule has 1 rings (SSSR count). The van der Waals surface area contributed by atoms with Gasteiger partial charge in [0.25, 0.3) is 0 Å². The van der Waals surface area contributed by atoms with Gasteiger partial charge in [-0.3, -0.25) is 4.79 Å². The fourth-order valence-electron chi connectivity index (χ4n) is 2.81. The third-order valence-corrected chi connectivity index (χ3v) is 4.97. The molecule has 0 aliphatic heterocycles. The molecule has 7 heteroatoms. The number of H-pyrrole nitrogens is 1. The molecule has 0 aromatic carbocycles. The molecule has 1 atom stereocenters. The van der Waals surface area contributed by atoms with Gasteiger partial charge in [0.2, 0.25) is 0 Å². The molecule has 1 N–H and O–H groups in total. The summed E-state index contributed by atoms with van der Waals surface area (Å²) in [6.45, 7) is 9.50. The van der Waals surface area contributed by atoms with Gasteiger partial charge in [0.15, 0.2) is 10.6 Å². The van der Waals surface area contributed by atoms with Gasteiger partial charge in [0.05, 0.1) is 12.5 Å². The van der Waals surface area contributed by atoms with Crippen molar-refractivity contribution >= 4 is 30.4 Å². The Morgan fingerprint density at radius 3 is 2.46 bits per heavy atom. The molecule has 26 heavy (non-hydrogen) atoms. The number of ether oxygens (including phenoxy) is 1. The van der Waals surface area contributed by atoms with Crippen LogP contribution in [0.4, 0.5) is 4.39 Å². The fraction of sp³-hybridized carbons (Fsp3) is 0.737. The van der Waals surface area contributed by atoms with Gasteiger partial charge in [-0.15, -0.1) is 0 Å². The Labute approximate surface area is 166 Å². The van der Waals surface area contributed by atoms with Crippen molar-refractivity contribution < 1.29 is 13.9 Å². The Morgan fingerprint density at radius 1 is 1.19 bits per heavy atom. The summed E-state index contributed by atoms with van der Waals surface area (Å²) in [7, 11) is 0. The van der Waals surface area contributed by atoms with Crippen LogP contribution in [0.25, 0.3) is 0 Å². The normalized spacial score (nSPS) is 12.6. The number of carbonyl (C=O) groups is 1. The minimum atomic E-state index is -0.457. The predicted molar refractivity (Wildman–Crippen MR) is 108 cm³/mol. The molecular weight excluding hydrogens is 371 g/mol. The Hall–Kier alpha value is -1.08. The molecule has 0 fully saturated rings. The molecule has 148 valence electrons. The lowest BCUT2D eigenvalue weighted by molar-refractivity contribution is -0.151. The van der Waals surface area contributed by atoms with Crippen LogP contribution in [0.2, 0.25) is 0 Å². The third kappa shape index (κ3) is 8.08. The van der Waals surface area contributed by atoms with Crippen LogP contribution in [0, 0.1) is 33.0 Å². The van der Waals surface area contributed by atoms with E-state index in [4.69, 9.17) is 29.2 Å². The molecule has 0 saturated carbocycles. The Balaban J connectivity index is 2.25. The summed E-state index contributed by atoms with van der Waals surface area (Å²) in [4.78, 5) is 14.9. The van der Waals surface area contributed by atoms with Crippen LogP contribution in [0.1, 0.15) is 59.8 Å². The van der Waals surface area contributed by atoms with Crippen molar-refractivity contribution in [2.75, 3.05) is 6.61 Å². The highest BCUT2D eigenvalue weighted by Crippen LogP contribution is 2.21. The molecule has 1 heterocycles. The monoisotopic (exact) mass is 402 g/mol. The third-order valence-electron chi connectivity index (χ3n) is 4.34. The standard InChI is InChI=1S/C19H31FN2O2S2/c1-13(2)11-15(14(3)4)18(23)24-10-8-6-5-7-9-22-12-16(20)17(25)21-19(22)26/h12-15H,5-11H2,1-4H3,(H,21,25,26). The second kappa shape index (κ2) is 11.6. The van der Waals surface area contributed by atoms with E-state index < -0.39 is 5.82 Å². The molecule has 1 aromatic heterocycles. The lowest BCUT2D eigenvalue weighted by Gasteiger charge is -2.21. The summed E-state index contributed by atoms with van der Waals surface area (Å²) in [6, 6.07) is 0. The highest BCUT2D eigenvalue weighted by atomic mass is 32.1. The van der Waals surface area contributed by atoms with E-state index in [-0.39, 0.29) is 16.5 Å². The maximum Gasteiger partial charge on any atom is 0.309 e. The lowest BCUT2D eigenvalue weighted by Crippen LogP contribution is -2.24. The number of aryl methyl sites for hydroxylation is 1. The molecule has 1 aromatic rings. The zero-order valence-corrected chi connectivity index (χ0v) is 17.9. The highest BCUT2D eigenvalue weighted by molar-refractivity contribution is 7.72. The molecule has 1 unspecified atom stereocenters. The zero-order chi connectivity index (χ0) is 19.7. The largest absolute Gasteiger partial charge is 0.465 e. The van der Waals surface area contributed by atoms with E-state index in [2.05, 4.69) is 32.7 Å². The summed E-state index contributed by atoms with van der Waals surface area (Å²) in [5.41, 5.74) is 0. The van der Waals surface area contributed by atoms with E-state index in [0.717, 1.165) is 32.1 Å². The van der Waals surface area contributed by atoms with Crippen molar-refractivity contribution in [1.29, 1.82) is 0 Å². The molecule has 0 radical (unpaired) electrons. The number of nitrogens with zero attached hydrogens (tertiary/aromatic N) is 1. The van der Waals surface area contributed by atoms with E-state index in [9.17, 15) is 9.18 Å². The smallest absolute Gasteiger partial charge is 0.309 e. The maximum absolute atomic E-state index is 13.5. The van der Waals surface area contributed by atoms with Gasteiger partial charge in [-0.2, -0.15) is 0 Å². The number of esters is 1. The molecular formula is C19H31FN2O2S2. The van der Waals surface area contributed by atoms with Crippen LogP contribution in [0.3, 0.4) is 0 Å². The number of nitrogens with one attached hydrogen (secondary N) is 1. The Morgan fingerprint density at radius 2 is 1.85 bits per heavy atom. The summed E-state index contributed by atoms with van der Waals surface area (Å²) in [6.07, 6.45) is 5.87. The minimum Gasteiger partial charge on any atom is -0.465 e. The fourth-order valence-corrected chi connectivity index (χ4v) is 3.27. The number of carbonyl (C=O) groups excluding carboxylic acids is 1. The van der Waals surface area contributed by atoms with Crippen LogP contribution >= 0.6 is 24.4 Å². The topological polar surface area (TPSA) is 47.0 Å². The summed E-state index contributed by atoms with van der Waals surface area (Å²) >= 11 is 9.95. The van der Waals surface area contributed by atoms with Crippen molar-refractivity contribution in [3.05, 3.63) is 21.4 Å². The SMILES string of the molecule is CC(C)CC(C(=O)OCCCCCCn1cc(F)c(=S)[nH]c1=S)C(C)C. The predicted octanol–water partition coefficient (Wildman–Crippen LogP) is 5.84. The van der Waals surface area contributed by atoms with Crippen LogP contribution < -0.4 is 0 Å². The van der Waals surface area contributed by atoms with Gasteiger partial charge >= 0.3 is 5.97 Å². The number of hydrogen-bond acceptors (Lipinski definition) is 4. The first-order valence-corrected chi connectivity index (χ1v) is 10.2. The molecule has 0 aliphatic carbocycles. The van der Waals surface area contributed by atoms with E-state index in [1.165, 1.54) is 6.20 Å². The van der Waals surface area contributed by atoms with Gasteiger partial charge in [-0.05, 0) is 49.7 Å². The summed E-state index contributed by atoms with van der Waals surface area (Å²) in [5, 5.41) is 0. The van der Waals surface area contributed by atoms with Crippen LogP contribution in [0.5, 0.6) is 0 Å². The summed E-state index contributed by atoms with van der Waals surface area (Å²) in [5.74, 6) is 0.235. The van der Waals surface area contributed by atoms with Gasteiger partial charge < -0.3 is 14.3 Å². The molecule has 0 saturated heterocycles. The Bertz CT molecular complexity index is 683. The highest BCUT2D eigenvalue weighted by Gasteiger charge is 2.24. The van der Waals surface area contributed by atoms with Crippen molar-refractivity contribution in [3.8, 4) is 0 Å². The first-order chi connectivity index (χ1) is 12.2. The van der Waals surface area contributed by atoms with Crippen molar-refractivity contribution in [1.82, 2.24) is 9.55 Å². The van der Waals surface area contributed by atoms with Crippen molar-refractivity contribution in [2.45, 2.75) is 66.3 Å². The van der Waals surface area contributed by atoms with Crippen LogP contribution in [-0.2, 0) is 16.1 Å². The number of aromatic amines is 1. The van der Waals surface area contributed by atoms with E-state index >= 15 is 0 Å². The minimum absolute atomic E-state index is 0.0182. The van der Waals surface area contributed by atoms with E-state index in [1.54, 1.807) is 4.57 Å². The lowest BCUT2D eigenvalue weighted by atomic mass is 9.88. The van der Waals surface area contributed by atoms with Gasteiger partial charge in [-0.1, -0.05) is 46.3 Å². The van der Waals surface area contributed by atoms with Gasteiger partial charge in [-0.25, -0.2) is 4.39 Å². The van der Waals surface area contributed by atoms with Crippen LogP contribution in [0.15, 0.2) is 6.20 Å². The molecule has 0 spiro atoms. The van der Waals surface area contributed by atoms with Crippen molar-refractivity contribution in [2.24, 2.45) is 17.8 Å². The van der Waals surface area contributed by atoms with Crippen LogP contribution in [-0.4, -0.2) is 22.1 Å². The molecule has 4 nitrogen and oxygen atoms in total. The van der Waals surface area contributed by atoms with Gasteiger partial charge in [0, 0.05) is 12.7 Å². The van der Waals surface area contributed by atoms with Gasteiger partial charge in [0.1, 0.15) is 4.64 Å². The number of rotatable bonds is 11. The quantitative estimate of drug-likeness (QED) is 0.287. The second-order valence-corrected chi connectivity index (χ2v) is 8.29. The maximum atomic E-state index is 13.5. The first kappa shape index (κ1) is 23.0. The summed E-state index contributed by atoms with van der Waals surface area (Å²) < 4.78 is 21.1. The molecule has 0 aliphatic rings. The van der Waals surface area contributed by atoms with E-state index in [0.29, 0.717) is 29.8 Å². The number of halogens is 1. The average molecular weight is 403 g/mol. The molecule has 0 bridgehead atoms. The number of hydrogen-bond donors (Lipinski definition) is 1. The zero-order valence-electron chi connectivity index (χ0n) is 16.2. The number of aromatic nitrogens is 2. The first-order valence-electron chi connectivity index (χ1n) is 9.38. The number of unbranched alkanes of at least 4 members (excludes halogenated alkanes) is 3. The molecule has 0 amide bonds. The Kier molecular flexibility index (Phi) is 10.2.